The number of pyridine rings is 1. The summed E-state index contributed by atoms with van der Waals surface area (Å²) in [4.78, 5) is 19.6. The summed E-state index contributed by atoms with van der Waals surface area (Å²) >= 11 is 0. The van der Waals surface area contributed by atoms with Crippen LogP contribution in [0.5, 0.6) is 17.2 Å². The first-order chi connectivity index (χ1) is 16.9. The molecule has 1 aliphatic heterocycles. The van der Waals surface area contributed by atoms with Crippen molar-refractivity contribution in [3.8, 4) is 28.5 Å². The molecule has 8 nitrogen and oxygen atoms in total. The minimum atomic E-state index is -0.466. The third-order valence-electron chi connectivity index (χ3n) is 6.36. The van der Waals surface area contributed by atoms with Crippen molar-refractivity contribution in [3.63, 3.8) is 0 Å². The fraction of sp³-hybridized carbons (Fsp3) is 0.222. The van der Waals surface area contributed by atoms with Crippen molar-refractivity contribution in [2.24, 2.45) is 0 Å². The Balaban J connectivity index is 1.71. The lowest BCUT2D eigenvalue weighted by Crippen LogP contribution is -2.29. The topological polar surface area (TPSA) is 101 Å². The summed E-state index contributed by atoms with van der Waals surface area (Å²) in [6.07, 6.45) is 3.45. The van der Waals surface area contributed by atoms with Gasteiger partial charge in [0.1, 0.15) is 17.1 Å². The highest BCUT2D eigenvalue weighted by molar-refractivity contribution is 6.00. The Kier molecular flexibility index (Phi) is 5.64. The SMILES string of the molecule is COc1ccc([C@@H]2c3c(-c4cc(C)cc(C)c4O)n[nH]c3C(=O)N2Cc2cccnc2)cc1OC. The van der Waals surface area contributed by atoms with Crippen molar-refractivity contribution in [1.29, 1.82) is 0 Å². The van der Waals surface area contributed by atoms with Crippen LogP contribution in [0.4, 0.5) is 0 Å². The number of aromatic hydroxyl groups is 1. The van der Waals surface area contributed by atoms with Gasteiger partial charge in [0, 0.05) is 30.1 Å². The predicted molar refractivity (Wildman–Crippen MR) is 131 cm³/mol. The summed E-state index contributed by atoms with van der Waals surface area (Å²) in [5, 5.41) is 18.3. The van der Waals surface area contributed by atoms with Crippen molar-refractivity contribution in [3.05, 3.63) is 88.4 Å². The van der Waals surface area contributed by atoms with Gasteiger partial charge in [-0.25, -0.2) is 0 Å². The van der Waals surface area contributed by atoms with Gasteiger partial charge in [-0.3, -0.25) is 14.9 Å². The number of amides is 1. The zero-order chi connectivity index (χ0) is 24.7. The van der Waals surface area contributed by atoms with E-state index in [2.05, 4.69) is 15.2 Å². The van der Waals surface area contributed by atoms with Crippen LogP contribution in [0.25, 0.3) is 11.3 Å². The monoisotopic (exact) mass is 470 g/mol. The Morgan fingerprint density at radius 1 is 1.09 bits per heavy atom. The predicted octanol–water partition coefficient (Wildman–Crippen LogP) is 4.56. The minimum Gasteiger partial charge on any atom is -0.507 e. The van der Waals surface area contributed by atoms with Crippen LogP contribution in [0.15, 0.2) is 54.9 Å². The van der Waals surface area contributed by atoms with Crippen LogP contribution in [0.3, 0.4) is 0 Å². The van der Waals surface area contributed by atoms with Gasteiger partial charge in [-0.1, -0.05) is 18.2 Å². The molecule has 2 N–H and O–H groups in total. The fourth-order valence-corrected chi connectivity index (χ4v) is 4.76. The van der Waals surface area contributed by atoms with Gasteiger partial charge >= 0.3 is 0 Å². The fourth-order valence-electron chi connectivity index (χ4n) is 4.76. The van der Waals surface area contributed by atoms with Crippen LogP contribution in [0, 0.1) is 13.8 Å². The number of nitrogens with zero attached hydrogens (tertiary/aromatic N) is 3. The van der Waals surface area contributed by atoms with E-state index in [-0.39, 0.29) is 11.7 Å². The molecule has 1 aliphatic rings. The van der Waals surface area contributed by atoms with E-state index in [1.165, 1.54) is 0 Å². The largest absolute Gasteiger partial charge is 0.507 e. The van der Waals surface area contributed by atoms with Gasteiger partial charge in [0.05, 0.1) is 20.3 Å². The lowest BCUT2D eigenvalue weighted by molar-refractivity contribution is 0.0729. The quantitative estimate of drug-likeness (QED) is 0.429. The number of H-pyrrole nitrogens is 1. The van der Waals surface area contributed by atoms with Crippen LogP contribution in [0.1, 0.15) is 44.3 Å². The first-order valence-corrected chi connectivity index (χ1v) is 11.2. The summed E-state index contributed by atoms with van der Waals surface area (Å²) in [7, 11) is 3.16. The zero-order valence-electron chi connectivity index (χ0n) is 20.0. The molecule has 8 heteroatoms. The molecule has 0 bridgehead atoms. The second-order valence-corrected chi connectivity index (χ2v) is 8.65. The van der Waals surface area contributed by atoms with Gasteiger partial charge in [-0.15, -0.1) is 0 Å². The first kappa shape index (κ1) is 22.5. The average molecular weight is 471 g/mol. The number of aromatic amines is 1. The summed E-state index contributed by atoms with van der Waals surface area (Å²) in [5.74, 6) is 1.13. The number of methoxy groups -OCH3 is 2. The Labute approximate surface area is 203 Å². The lowest BCUT2D eigenvalue weighted by Gasteiger charge is -2.27. The third kappa shape index (κ3) is 3.77. The molecular weight excluding hydrogens is 444 g/mol. The van der Waals surface area contributed by atoms with Gasteiger partial charge < -0.3 is 19.5 Å². The molecule has 2 aromatic carbocycles. The van der Waals surface area contributed by atoms with Crippen molar-refractivity contribution in [2.75, 3.05) is 14.2 Å². The number of hydrogen-bond acceptors (Lipinski definition) is 6. The summed E-state index contributed by atoms with van der Waals surface area (Å²) < 4.78 is 11.0. The molecule has 35 heavy (non-hydrogen) atoms. The maximum absolute atomic E-state index is 13.6. The molecule has 178 valence electrons. The van der Waals surface area contributed by atoms with Crippen molar-refractivity contribution in [2.45, 2.75) is 26.4 Å². The molecule has 0 aliphatic carbocycles. The highest BCUT2D eigenvalue weighted by Gasteiger charge is 2.43. The van der Waals surface area contributed by atoms with Crippen LogP contribution in [-0.4, -0.2) is 45.3 Å². The van der Waals surface area contributed by atoms with E-state index < -0.39 is 6.04 Å². The van der Waals surface area contributed by atoms with Crippen LogP contribution in [-0.2, 0) is 6.54 Å². The van der Waals surface area contributed by atoms with Crippen LogP contribution < -0.4 is 9.47 Å². The van der Waals surface area contributed by atoms with E-state index >= 15 is 0 Å². The van der Waals surface area contributed by atoms with E-state index in [0.29, 0.717) is 40.6 Å². The van der Waals surface area contributed by atoms with Gasteiger partial charge in [0.2, 0.25) is 0 Å². The molecule has 5 rings (SSSR count). The van der Waals surface area contributed by atoms with Crippen molar-refractivity contribution < 1.29 is 19.4 Å². The van der Waals surface area contributed by atoms with Gasteiger partial charge in [-0.05, 0) is 60.4 Å². The molecule has 0 fully saturated rings. The number of phenolic OH excluding ortho intramolecular Hbond substituents is 1. The number of hydrogen-bond donors (Lipinski definition) is 2. The molecule has 1 amide bonds. The van der Waals surface area contributed by atoms with E-state index in [0.717, 1.165) is 22.3 Å². The standard InChI is InChI=1S/C27H26N4O4/c1-15-10-16(2)26(32)19(11-15)23-22-24(30-29-23)27(33)31(14-17-6-5-9-28-13-17)25(22)18-7-8-20(34-3)21(12-18)35-4/h5-13,25,32H,14H2,1-4H3,(H,29,30)/t25-/m1/s1. The Bertz CT molecular complexity index is 1410. The maximum atomic E-state index is 13.6. The number of nitrogens with one attached hydrogen (secondary N) is 1. The molecule has 4 aromatic rings. The average Bonchev–Trinajstić information content (AvgIpc) is 3.40. The van der Waals surface area contributed by atoms with E-state index in [4.69, 9.17) is 9.47 Å². The number of fused-ring (bicyclic) bond motifs is 1. The Morgan fingerprint density at radius 3 is 2.60 bits per heavy atom. The third-order valence-corrected chi connectivity index (χ3v) is 6.36. The summed E-state index contributed by atoms with van der Waals surface area (Å²) in [6.45, 7) is 4.17. The van der Waals surface area contributed by atoms with Gasteiger partial charge in [0.15, 0.2) is 11.5 Å². The van der Waals surface area contributed by atoms with Crippen LogP contribution >= 0.6 is 0 Å². The van der Waals surface area contributed by atoms with Crippen molar-refractivity contribution >= 4 is 5.91 Å². The van der Waals surface area contributed by atoms with Crippen molar-refractivity contribution in [1.82, 2.24) is 20.1 Å². The van der Waals surface area contributed by atoms with E-state index in [9.17, 15) is 9.90 Å². The normalized spacial score (nSPS) is 14.8. The number of rotatable bonds is 6. The van der Waals surface area contributed by atoms with Gasteiger partial charge in [0.25, 0.3) is 5.91 Å². The van der Waals surface area contributed by atoms with E-state index in [1.54, 1.807) is 31.5 Å². The molecule has 0 spiro atoms. The number of carbonyl (C=O) groups excluding carboxylic acids is 1. The number of benzene rings is 2. The molecule has 3 heterocycles. The first-order valence-electron chi connectivity index (χ1n) is 11.2. The van der Waals surface area contributed by atoms with E-state index in [1.807, 2.05) is 56.3 Å². The minimum absolute atomic E-state index is 0.147. The number of aryl methyl sites for hydroxylation is 2. The number of phenols is 1. The molecular formula is C27H26N4O4. The lowest BCUT2D eigenvalue weighted by atomic mass is 9.93. The van der Waals surface area contributed by atoms with Crippen LogP contribution in [0.2, 0.25) is 0 Å². The summed E-state index contributed by atoms with van der Waals surface area (Å²) in [5.41, 5.74) is 5.73. The number of ether oxygens (including phenoxy) is 2. The molecule has 0 saturated carbocycles. The molecule has 0 saturated heterocycles. The Morgan fingerprint density at radius 2 is 1.89 bits per heavy atom. The molecule has 2 aromatic heterocycles. The molecule has 0 radical (unpaired) electrons. The molecule has 1 atom stereocenters. The molecule has 0 unspecified atom stereocenters. The summed E-state index contributed by atoms with van der Waals surface area (Å²) in [6, 6.07) is 12.7. The Hall–Kier alpha value is -4.33. The number of carbonyl (C=O) groups is 1. The highest BCUT2D eigenvalue weighted by Crippen LogP contribution is 2.47. The highest BCUT2D eigenvalue weighted by atomic mass is 16.5. The van der Waals surface area contributed by atoms with Gasteiger partial charge in [-0.2, -0.15) is 5.10 Å². The number of aromatic nitrogens is 3. The second kappa shape index (κ2) is 8.79. The maximum Gasteiger partial charge on any atom is 0.273 e. The zero-order valence-corrected chi connectivity index (χ0v) is 20.0. The smallest absolute Gasteiger partial charge is 0.273 e. The second-order valence-electron chi connectivity index (χ2n) is 8.65.